The van der Waals surface area contributed by atoms with E-state index < -0.39 is 23.0 Å². The number of imide groups is 1. The quantitative estimate of drug-likeness (QED) is 0.298. The highest BCUT2D eigenvalue weighted by Gasteiger charge is 2.56. The summed E-state index contributed by atoms with van der Waals surface area (Å²) in [6, 6.07) is 14.9. The summed E-state index contributed by atoms with van der Waals surface area (Å²) < 4.78 is 6.57. The fourth-order valence-electron chi connectivity index (χ4n) is 5.08. The van der Waals surface area contributed by atoms with Crippen molar-refractivity contribution in [1.82, 2.24) is 9.55 Å². The molecular formula is C28H20Cl2N4O5S2. The van der Waals surface area contributed by atoms with Gasteiger partial charge in [0.1, 0.15) is 17.5 Å². The predicted molar refractivity (Wildman–Crippen MR) is 158 cm³/mol. The van der Waals surface area contributed by atoms with Crippen LogP contribution in [0.25, 0.3) is 0 Å². The highest BCUT2D eigenvalue weighted by molar-refractivity contribution is 8.00. The summed E-state index contributed by atoms with van der Waals surface area (Å²) in [5.74, 6) is -1.97. The number of pyridine rings is 1. The van der Waals surface area contributed by atoms with Gasteiger partial charge < -0.3 is 10.1 Å². The zero-order chi connectivity index (χ0) is 28.8. The molecule has 6 rings (SSSR count). The van der Waals surface area contributed by atoms with E-state index in [1.165, 1.54) is 22.6 Å². The Morgan fingerprint density at radius 1 is 1.05 bits per heavy atom. The first kappa shape index (κ1) is 27.5. The predicted octanol–water partition coefficient (Wildman–Crippen LogP) is 5.05. The van der Waals surface area contributed by atoms with Crippen LogP contribution in [0.15, 0.2) is 76.8 Å². The van der Waals surface area contributed by atoms with Gasteiger partial charge in [-0.15, -0.1) is 0 Å². The van der Waals surface area contributed by atoms with Gasteiger partial charge in [-0.05, 0) is 54.1 Å². The van der Waals surface area contributed by atoms with Gasteiger partial charge in [0.25, 0.3) is 0 Å². The summed E-state index contributed by atoms with van der Waals surface area (Å²) in [6.07, 6.45) is 3.26. The molecule has 13 heteroatoms. The fraction of sp³-hybridized carbons (Fsp3) is 0.179. The maximum Gasteiger partial charge on any atom is 0.308 e. The molecule has 0 saturated carbocycles. The van der Waals surface area contributed by atoms with Crippen molar-refractivity contribution < 1.29 is 19.1 Å². The fourth-order valence-corrected chi connectivity index (χ4v) is 8.15. The van der Waals surface area contributed by atoms with Crippen molar-refractivity contribution in [3.63, 3.8) is 0 Å². The third kappa shape index (κ3) is 4.93. The van der Waals surface area contributed by atoms with Gasteiger partial charge in [0.2, 0.25) is 17.7 Å². The molecule has 4 heterocycles. The van der Waals surface area contributed by atoms with Crippen molar-refractivity contribution in [2.45, 2.75) is 22.7 Å². The van der Waals surface area contributed by atoms with E-state index in [1.807, 2.05) is 6.07 Å². The van der Waals surface area contributed by atoms with Gasteiger partial charge in [0.15, 0.2) is 0 Å². The molecule has 3 unspecified atom stereocenters. The number of rotatable bonds is 6. The summed E-state index contributed by atoms with van der Waals surface area (Å²) >= 11 is 14.1. The number of thiazole rings is 1. The Kier molecular flexibility index (Phi) is 7.37. The largest absolute Gasteiger partial charge is 0.497 e. The first-order chi connectivity index (χ1) is 19.8. The summed E-state index contributed by atoms with van der Waals surface area (Å²) in [5, 5.41) is 3.03. The zero-order valence-electron chi connectivity index (χ0n) is 21.2. The third-order valence-corrected chi connectivity index (χ3v) is 10.3. The molecule has 9 nitrogen and oxygen atoms in total. The van der Waals surface area contributed by atoms with Crippen LogP contribution in [0.1, 0.15) is 16.4 Å². The minimum atomic E-state index is -0.805. The van der Waals surface area contributed by atoms with E-state index in [9.17, 15) is 19.2 Å². The van der Waals surface area contributed by atoms with E-state index in [0.717, 1.165) is 23.1 Å². The van der Waals surface area contributed by atoms with Crippen molar-refractivity contribution in [2.24, 2.45) is 5.92 Å². The Labute approximate surface area is 252 Å². The van der Waals surface area contributed by atoms with E-state index in [1.54, 1.807) is 54.9 Å². The van der Waals surface area contributed by atoms with E-state index in [0.29, 0.717) is 37.6 Å². The molecule has 1 fully saturated rings. The maximum atomic E-state index is 13.9. The standard InChI is InChI=1S/C28H20Cl2N4O5S2/c1-39-17-7-5-16(6-8-17)34-25(36)22-21(14-3-2-10-31-12-14)24-27(40-23(22)26(34)37)33(28(38)41-24)13-20(35)32-15-4-9-18(29)19(30)11-15/h2-12,21-23H,13H2,1H3,(H,32,35). The topological polar surface area (TPSA) is 111 Å². The molecule has 0 aliphatic carbocycles. The molecule has 208 valence electrons. The number of halogens is 2. The van der Waals surface area contributed by atoms with E-state index >= 15 is 0 Å². The van der Waals surface area contributed by atoms with E-state index in [2.05, 4.69) is 10.3 Å². The molecule has 2 aliphatic rings. The van der Waals surface area contributed by atoms with Gasteiger partial charge >= 0.3 is 4.87 Å². The molecule has 3 amide bonds. The summed E-state index contributed by atoms with van der Waals surface area (Å²) in [4.78, 5) is 59.6. The molecule has 3 atom stereocenters. The number of aromatic nitrogens is 2. The lowest BCUT2D eigenvalue weighted by Crippen LogP contribution is -2.33. The van der Waals surface area contributed by atoms with Crippen molar-refractivity contribution >= 4 is 75.4 Å². The molecule has 0 spiro atoms. The van der Waals surface area contributed by atoms with Crippen molar-refractivity contribution in [2.75, 3.05) is 17.3 Å². The number of thioether (sulfide) groups is 1. The number of benzene rings is 2. The minimum absolute atomic E-state index is 0.279. The van der Waals surface area contributed by atoms with Gasteiger partial charge in [0.05, 0.1) is 33.8 Å². The Bertz CT molecular complexity index is 1740. The first-order valence-electron chi connectivity index (χ1n) is 12.3. The van der Waals surface area contributed by atoms with Crippen LogP contribution in [0.3, 0.4) is 0 Å². The summed E-state index contributed by atoms with van der Waals surface area (Å²) in [5.41, 5.74) is 1.56. The molecule has 1 N–H and O–H groups in total. The molecule has 41 heavy (non-hydrogen) atoms. The number of hydrogen-bond acceptors (Lipinski definition) is 8. The number of ether oxygens (including phenoxy) is 1. The second-order valence-electron chi connectivity index (χ2n) is 9.34. The second kappa shape index (κ2) is 11.0. The van der Waals surface area contributed by atoms with Crippen molar-refractivity contribution in [3.8, 4) is 5.75 Å². The monoisotopic (exact) mass is 626 g/mol. The molecule has 0 bridgehead atoms. The molecule has 0 radical (unpaired) electrons. The number of carbonyl (C=O) groups is 3. The lowest BCUT2D eigenvalue weighted by molar-refractivity contribution is -0.122. The second-order valence-corrected chi connectivity index (χ2v) is 12.3. The Morgan fingerprint density at radius 3 is 2.51 bits per heavy atom. The van der Waals surface area contributed by atoms with Gasteiger partial charge in [-0.25, -0.2) is 4.90 Å². The Morgan fingerprint density at radius 2 is 1.83 bits per heavy atom. The maximum absolute atomic E-state index is 13.9. The highest BCUT2D eigenvalue weighted by Crippen LogP contribution is 2.53. The minimum Gasteiger partial charge on any atom is -0.497 e. The number of methoxy groups -OCH3 is 1. The van der Waals surface area contributed by atoms with Crippen LogP contribution in [0, 0.1) is 5.92 Å². The van der Waals surface area contributed by atoms with E-state index in [4.69, 9.17) is 27.9 Å². The van der Waals surface area contributed by atoms with Gasteiger partial charge in [-0.1, -0.05) is 52.4 Å². The summed E-state index contributed by atoms with van der Waals surface area (Å²) in [7, 11) is 1.54. The number of nitrogens with one attached hydrogen (secondary N) is 1. The Balaban J connectivity index is 1.38. The average Bonchev–Trinajstić information content (AvgIpc) is 3.41. The number of carbonyl (C=O) groups excluding carboxylic acids is 3. The number of nitrogens with zero attached hydrogens (tertiary/aromatic N) is 3. The van der Waals surface area contributed by atoms with Crippen LogP contribution in [0.2, 0.25) is 10.0 Å². The number of anilines is 2. The first-order valence-corrected chi connectivity index (χ1v) is 14.8. The molecule has 4 aromatic rings. The zero-order valence-corrected chi connectivity index (χ0v) is 24.4. The van der Waals surface area contributed by atoms with Gasteiger partial charge in [-0.3, -0.25) is 28.7 Å². The van der Waals surface area contributed by atoms with Crippen LogP contribution in [-0.4, -0.2) is 39.6 Å². The smallest absolute Gasteiger partial charge is 0.308 e. The van der Waals surface area contributed by atoms with E-state index in [-0.39, 0.29) is 28.3 Å². The van der Waals surface area contributed by atoms with Crippen LogP contribution in [0.5, 0.6) is 5.75 Å². The molecule has 2 aromatic heterocycles. The number of fused-ring (bicyclic) bond motifs is 2. The van der Waals surface area contributed by atoms with Crippen LogP contribution in [0.4, 0.5) is 11.4 Å². The van der Waals surface area contributed by atoms with Crippen LogP contribution < -0.4 is 19.8 Å². The SMILES string of the molecule is COc1ccc(N2C(=O)C3Sc4c(sc(=O)n4CC(=O)Nc4ccc(Cl)c(Cl)c4)C(c4cccnc4)C3C2=O)cc1. The van der Waals surface area contributed by atoms with Gasteiger partial charge in [0, 0.05) is 28.9 Å². The molecular weight excluding hydrogens is 607 g/mol. The molecule has 2 aromatic carbocycles. The van der Waals surface area contributed by atoms with Gasteiger partial charge in [-0.2, -0.15) is 0 Å². The Hall–Kier alpha value is -3.64. The lowest BCUT2D eigenvalue weighted by Gasteiger charge is -2.30. The van der Waals surface area contributed by atoms with Crippen molar-refractivity contribution in [3.05, 3.63) is 97.1 Å². The highest BCUT2D eigenvalue weighted by atomic mass is 35.5. The molecule has 1 saturated heterocycles. The lowest BCUT2D eigenvalue weighted by atomic mass is 9.84. The van der Waals surface area contributed by atoms with Crippen LogP contribution in [-0.2, 0) is 20.9 Å². The molecule has 2 aliphatic heterocycles. The number of amides is 3. The third-order valence-electron chi connectivity index (χ3n) is 6.93. The normalized spacial score (nSPS) is 19.6. The van der Waals surface area contributed by atoms with Crippen LogP contribution >= 0.6 is 46.3 Å². The number of hydrogen-bond donors (Lipinski definition) is 1. The summed E-state index contributed by atoms with van der Waals surface area (Å²) in [6.45, 7) is -0.292. The average molecular weight is 628 g/mol. The van der Waals surface area contributed by atoms with Crippen molar-refractivity contribution in [1.29, 1.82) is 0 Å².